The predicted octanol–water partition coefficient (Wildman–Crippen LogP) is 2.17. The molecule has 6 heteroatoms. The highest BCUT2D eigenvalue weighted by atomic mass is 32.1. The number of anilines is 1. The average Bonchev–Trinajstić information content (AvgIpc) is 2.73. The van der Waals surface area contributed by atoms with E-state index in [-0.39, 0.29) is 6.03 Å². The van der Waals surface area contributed by atoms with Gasteiger partial charge in [-0.3, -0.25) is 10.3 Å². The third-order valence-corrected chi connectivity index (χ3v) is 2.87. The van der Waals surface area contributed by atoms with Gasteiger partial charge < -0.3 is 5.32 Å². The number of hydrogen-bond donors (Lipinski definition) is 2. The van der Waals surface area contributed by atoms with Crippen molar-refractivity contribution in [2.45, 2.75) is 13.5 Å². The van der Waals surface area contributed by atoms with Gasteiger partial charge in [0, 0.05) is 11.6 Å². The van der Waals surface area contributed by atoms with Gasteiger partial charge in [-0.1, -0.05) is 6.07 Å². The van der Waals surface area contributed by atoms with Gasteiger partial charge in [0.25, 0.3) is 0 Å². The van der Waals surface area contributed by atoms with Gasteiger partial charge in [-0.25, -0.2) is 9.78 Å². The number of amides is 2. The van der Waals surface area contributed by atoms with Crippen LogP contribution in [0.1, 0.15) is 11.4 Å². The number of pyridine rings is 1. The fraction of sp³-hybridized carbons (Fsp3) is 0.182. The van der Waals surface area contributed by atoms with E-state index in [0.717, 1.165) is 11.4 Å². The Balaban J connectivity index is 1.82. The Labute approximate surface area is 103 Å². The topological polar surface area (TPSA) is 66.9 Å². The van der Waals surface area contributed by atoms with Crippen molar-refractivity contribution in [2.75, 3.05) is 5.32 Å². The molecule has 2 aromatic rings. The summed E-state index contributed by atoms with van der Waals surface area (Å²) in [5.74, 6) is 0. The first-order valence-corrected chi connectivity index (χ1v) is 5.99. The maximum absolute atomic E-state index is 11.5. The molecule has 0 aromatic carbocycles. The van der Waals surface area contributed by atoms with Crippen LogP contribution in [-0.4, -0.2) is 16.0 Å². The standard InChI is InChI=1S/C11H12N4OS/c1-8-7-17-11(14-8)15-10(16)13-6-9-4-2-3-5-12-9/h2-5,7H,6H2,1H3,(H2,13,14,15,16). The molecule has 2 rings (SSSR count). The van der Waals surface area contributed by atoms with Gasteiger partial charge in [0.2, 0.25) is 0 Å². The van der Waals surface area contributed by atoms with Crippen LogP contribution in [0.4, 0.5) is 9.93 Å². The van der Waals surface area contributed by atoms with Crippen molar-refractivity contribution in [3.63, 3.8) is 0 Å². The van der Waals surface area contributed by atoms with Gasteiger partial charge in [-0.05, 0) is 19.1 Å². The molecule has 88 valence electrons. The number of rotatable bonds is 3. The predicted molar refractivity (Wildman–Crippen MR) is 66.9 cm³/mol. The zero-order valence-corrected chi connectivity index (χ0v) is 10.1. The van der Waals surface area contributed by atoms with E-state index in [1.54, 1.807) is 6.20 Å². The molecule has 0 atom stereocenters. The van der Waals surface area contributed by atoms with E-state index in [1.807, 2.05) is 30.5 Å². The first-order chi connectivity index (χ1) is 8.24. The van der Waals surface area contributed by atoms with Gasteiger partial charge in [0.05, 0.1) is 17.9 Å². The Kier molecular flexibility index (Phi) is 3.66. The van der Waals surface area contributed by atoms with Crippen LogP contribution in [0.3, 0.4) is 0 Å². The Hall–Kier alpha value is -1.95. The largest absolute Gasteiger partial charge is 0.332 e. The lowest BCUT2D eigenvalue weighted by Crippen LogP contribution is -2.28. The Morgan fingerprint density at radius 2 is 2.35 bits per heavy atom. The monoisotopic (exact) mass is 248 g/mol. The fourth-order valence-electron chi connectivity index (χ4n) is 1.23. The Bertz CT molecular complexity index is 497. The van der Waals surface area contributed by atoms with Crippen LogP contribution < -0.4 is 10.6 Å². The molecule has 0 fully saturated rings. The number of urea groups is 1. The Morgan fingerprint density at radius 3 is 3.00 bits per heavy atom. The van der Waals surface area contributed by atoms with Crippen LogP contribution in [0.2, 0.25) is 0 Å². The highest BCUT2D eigenvalue weighted by Gasteiger charge is 2.04. The second-order valence-corrected chi connectivity index (χ2v) is 4.28. The number of carbonyl (C=O) groups is 1. The third kappa shape index (κ3) is 3.53. The number of hydrogen-bond acceptors (Lipinski definition) is 4. The summed E-state index contributed by atoms with van der Waals surface area (Å²) in [7, 11) is 0. The SMILES string of the molecule is Cc1csc(NC(=O)NCc2ccccn2)n1. The zero-order valence-electron chi connectivity index (χ0n) is 9.30. The van der Waals surface area contributed by atoms with Crippen LogP contribution in [0.5, 0.6) is 0 Å². The lowest BCUT2D eigenvalue weighted by Gasteiger charge is -2.04. The first-order valence-electron chi connectivity index (χ1n) is 5.11. The van der Waals surface area contributed by atoms with E-state index in [1.165, 1.54) is 11.3 Å². The second-order valence-electron chi connectivity index (χ2n) is 3.42. The van der Waals surface area contributed by atoms with Crippen LogP contribution in [0.15, 0.2) is 29.8 Å². The van der Waals surface area contributed by atoms with Gasteiger partial charge in [-0.2, -0.15) is 0 Å². The summed E-state index contributed by atoms with van der Waals surface area (Å²) in [5, 5.41) is 7.85. The van der Waals surface area contributed by atoms with Gasteiger partial charge in [-0.15, -0.1) is 11.3 Å². The maximum atomic E-state index is 11.5. The summed E-state index contributed by atoms with van der Waals surface area (Å²) >= 11 is 1.40. The number of thiazole rings is 1. The van der Waals surface area contributed by atoms with Gasteiger partial charge in [0.15, 0.2) is 5.13 Å². The van der Waals surface area contributed by atoms with E-state index in [2.05, 4.69) is 20.6 Å². The number of carbonyl (C=O) groups excluding carboxylic acids is 1. The molecule has 5 nitrogen and oxygen atoms in total. The molecule has 0 aliphatic heterocycles. The van der Waals surface area contributed by atoms with E-state index >= 15 is 0 Å². The summed E-state index contributed by atoms with van der Waals surface area (Å²) in [5.41, 5.74) is 1.72. The fourth-order valence-corrected chi connectivity index (χ4v) is 1.91. The van der Waals surface area contributed by atoms with Crippen molar-refractivity contribution in [3.05, 3.63) is 41.2 Å². The van der Waals surface area contributed by atoms with Crippen molar-refractivity contribution in [3.8, 4) is 0 Å². The summed E-state index contributed by atoms with van der Waals surface area (Å²) in [6, 6.07) is 5.30. The molecule has 2 aromatic heterocycles. The Morgan fingerprint density at radius 1 is 1.47 bits per heavy atom. The number of nitrogens with zero attached hydrogens (tertiary/aromatic N) is 2. The lowest BCUT2D eigenvalue weighted by atomic mass is 10.3. The normalized spacial score (nSPS) is 9.94. The third-order valence-electron chi connectivity index (χ3n) is 2.00. The number of aromatic nitrogens is 2. The van der Waals surface area contributed by atoms with E-state index in [4.69, 9.17) is 0 Å². The quantitative estimate of drug-likeness (QED) is 0.874. The lowest BCUT2D eigenvalue weighted by molar-refractivity contribution is 0.251. The van der Waals surface area contributed by atoms with Crippen LogP contribution in [-0.2, 0) is 6.54 Å². The van der Waals surface area contributed by atoms with E-state index in [9.17, 15) is 4.79 Å². The molecule has 0 aliphatic carbocycles. The molecular weight excluding hydrogens is 236 g/mol. The average molecular weight is 248 g/mol. The number of nitrogens with one attached hydrogen (secondary N) is 2. The molecule has 0 saturated heterocycles. The molecule has 0 radical (unpaired) electrons. The highest BCUT2D eigenvalue weighted by Crippen LogP contribution is 2.13. The molecule has 0 saturated carbocycles. The van der Waals surface area contributed by atoms with Crippen molar-refractivity contribution < 1.29 is 4.79 Å². The minimum absolute atomic E-state index is 0.273. The van der Waals surface area contributed by atoms with Crippen molar-refractivity contribution >= 4 is 22.5 Å². The molecule has 0 spiro atoms. The summed E-state index contributed by atoms with van der Waals surface area (Å²) in [6.07, 6.45) is 1.69. The highest BCUT2D eigenvalue weighted by molar-refractivity contribution is 7.13. The van der Waals surface area contributed by atoms with Crippen molar-refractivity contribution in [1.82, 2.24) is 15.3 Å². The molecule has 2 N–H and O–H groups in total. The second kappa shape index (κ2) is 5.40. The molecule has 2 amide bonds. The van der Waals surface area contributed by atoms with E-state index < -0.39 is 0 Å². The van der Waals surface area contributed by atoms with Crippen molar-refractivity contribution in [1.29, 1.82) is 0 Å². The minimum atomic E-state index is -0.273. The summed E-state index contributed by atoms with van der Waals surface area (Å²) in [4.78, 5) is 19.8. The smallest absolute Gasteiger partial charge is 0.321 e. The molecule has 0 unspecified atom stereocenters. The van der Waals surface area contributed by atoms with E-state index in [0.29, 0.717) is 11.7 Å². The van der Waals surface area contributed by atoms with Gasteiger partial charge >= 0.3 is 6.03 Å². The zero-order chi connectivity index (χ0) is 12.1. The van der Waals surface area contributed by atoms with Crippen LogP contribution >= 0.6 is 11.3 Å². The minimum Gasteiger partial charge on any atom is -0.332 e. The van der Waals surface area contributed by atoms with Crippen LogP contribution in [0, 0.1) is 6.92 Å². The molecule has 0 aliphatic rings. The maximum Gasteiger partial charge on any atom is 0.321 e. The molecule has 17 heavy (non-hydrogen) atoms. The molecular formula is C11H12N4OS. The number of aryl methyl sites for hydroxylation is 1. The molecule has 2 heterocycles. The summed E-state index contributed by atoms with van der Waals surface area (Å²) in [6.45, 7) is 2.28. The van der Waals surface area contributed by atoms with Crippen LogP contribution in [0.25, 0.3) is 0 Å². The van der Waals surface area contributed by atoms with Gasteiger partial charge in [0.1, 0.15) is 0 Å². The first kappa shape index (κ1) is 11.5. The van der Waals surface area contributed by atoms with Crippen molar-refractivity contribution in [2.24, 2.45) is 0 Å². The summed E-state index contributed by atoms with van der Waals surface area (Å²) < 4.78 is 0. The molecule has 0 bridgehead atoms.